The first-order valence-electron chi connectivity index (χ1n) is 9.71. The molecule has 3 aromatic rings. The van der Waals surface area contributed by atoms with Crippen LogP contribution in [0.4, 0.5) is 32.2 Å². The normalized spacial score (nSPS) is 19.9. The lowest BCUT2D eigenvalue weighted by Gasteiger charge is -2.31. The van der Waals surface area contributed by atoms with E-state index in [2.05, 4.69) is 15.4 Å². The zero-order valence-electron chi connectivity index (χ0n) is 16.4. The molecule has 3 N–H and O–H groups in total. The summed E-state index contributed by atoms with van der Waals surface area (Å²) in [4.78, 5) is 15.0. The van der Waals surface area contributed by atoms with Gasteiger partial charge in [-0.25, -0.2) is 4.98 Å². The molecule has 3 aromatic heterocycles. The van der Waals surface area contributed by atoms with Gasteiger partial charge in [0, 0.05) is 12.2 Å². The Labute approximate surface area is 177 Å². The van der Waals surface area contributed by atoms with E-state index in [1.807, 2.05) is 0 Å². The first-order chi connectivity index (χ1) is 14.9. The summed E-state index contributed by atoms with van der Waals surface area (Å²) in [5.74, 6) is -0.800. The molecule has 13 heteroatoms. The highest BCUT2D eigenvalue weighted by Crippen LogP contribution is 2.38. The summed E-state index contributed by atoms with van der Waals surface area (Å²) in [6.07, 6.45) is -6.09. The zero-order valence-corrected chi connectivity index (χ0v) is 16.4. The van der Waals surface area contributed by atoms with Crippen LogP contribution in [-0.2, 0) is 12.4 Å². The molecule has 0 spiro atoms. The van der Waals surface area contributed by atoms with E-state index < -0.39 is 41.3 Å². The van der Waals surface area contributed by atoms with E-state index in [1.165, 1.54) is 10.5 Å². The standard InChI is InChI=1S/C19H18F6N6O/c20-18(21,22)13-9-30-14(2-1-3-15(30)29-13)28-10-4-6-11(7-5-10)31-16(19(23,24)25)12(8-27-31)17(26)32/h1-3,8-11,28H,4-7H2,(H2,26,32). The molecule has 172 valence electrons. The van der Waals surface area contributed by atoms with Gasteiger partial charge < -0.3 is 11.1 Å². The van der Waals surface area contributed by atoms with Gasteiger partial charge in [-0.15, -0.1) is 0 Å². The SMILES string of the molecule is NC(=O)c1cnn(C2CCC(Nc3cccc4nc(C(F)(F)F)cn34)CC2)c1C(F)(F)F. The Bertz CT molecular complexity index is 1140. The first kappa shape index (κ1) is 22.0. The molecule has 1 saturated carbocycles. The fourth-order valence-corrected chi connectivity index (χ4v) is 4.04. The highest BCUT2D eigenvalue weighted by Gasteiger charge is 2.41. The molecule has 0 saturated heterocycles. The fourth-order valence-electron chi connectivity index (χ4n) is 4.04. The van der Waals surface area contributed by atoms with E-state index in [0.29, 0.717) is 31.5 Å². The number of amides is 1. The van der Waals surface area contributed by atoms with Crippen LogP contribution < -0.4 is 11.1 Å². The molecule has 1 fully saturated rings. The van der Waals surface area contributed by atoms with Crippen molar-refractivity contribution in [3.05, 3.63) is 47.5 Å². The molecule has 4 rings (SSSR count). The van der Waals surface area contributed by atoms with E-state index in [4.69, 9.17) is 5.73 Å². The maximum absolute atomic E-state index is 13.5. The topological polar surface area (TPSA) is 90.2 Å². The van der Waals surface area contributed by atoms with Crippen LogP contribution in [0.5, 0.6) is 0 Å². The van der Waals surface area contributed by atoms with Crippen LogP contribution >= 0.6 is 0 Å². The quantitative estimate of drug-likeness (QED) is 0.570. The van der Waals surface area contributed by atoms with Crippen molar-refractivity contribution in [3.63, 3.8) is 0 Å². The van der Waals surface area contributed by atoms with E-state index in [9.17, 15) is 31.1 Å². The number of nitrogens with one attached hydrogen (secondary N) is 1. The molecule has 0 unspecified atom stereocenters. The number of nitrogens with zero attached hydrogens (tertiary/aromatic N) is 4. The van der Waals surface area contributed by atoms with Crippen molar-refractivity contribution in [2.24, 2.45) is 5.73 Å². The van der Waals surface area contributed by atoms with E-state index in [0.717, 1.165) is 17.1 Å². The van der Waals surface area contributed by atoms with Crippen molar-refractivity contribution in [1.29, 1.82) is 0 Å². The van der Waals surface area contributed by atoms with Crippen molar-refractivity contribution >= 4 is 17.4 Å². The number of aromatic nitrogens is 4. The summed E-state index contributed by atoms with van der Waals surface area (Å²) in [7, 11) is 0. The molecule has 0 radical (unpaired) electrons. The van der Waals surface area contributed by atoms with E-state index in [1.54, 1.807) is 12.1 Å². The van der Waals surface area contributed by atoms with Crippen molar-refractivity contribution in [3.8, 4) is 0 Å². The lowest BCUT2D eigenvalue weighted by Crippen LogP contribution is -2.30. The minimum atomic E-state index is -4.79. The number of carbonyl (C=O) groups is 1. The summed E-state index contributed by atoms with van der Waals surface area (Å²) in [6, 6.07) is 3.87. The molecular formula is C19H18F6N6O. The van der Waals surface area contributed by atoms with Gasteiger partial charge >= 0.3 is 12.4 Å². The number of pyridine rings is 1. The Morgan fingerprint density at radius 1 is 1.06 bits per heavy atom. The summed E-state index contributed by atoms with van der Waals surface area (Å²) in [6.45, 7) is 0. The van der Waals surface area contributed by atoms with Crippen LogP contribution in [0.25, 0.3) is 5.65 Å². The molecule has 1 amide bonds. The van der Waals surface area contributed by atoms with Gasteiger partial charge in [0.15, 0.2) is 11.4 Å². The first-order valence-corrected chi connectivity index (χ1v) is 9.71. The van der Waals surface area contributed by atoms with E-state index in [-0.39, 0.29) is 11.7 Å². The highest BCUT2D eigenvalue weighted by atomic mass is 19.4. The summed E-state index contributed by atoms with van der Waals surface area (Å²) < 4.78 is 81.5. The van der Waals surface area contributed by atoms with Crippen LogP contribution in [0, 0.1) is 0 Å². The van der Waals surface area contributed by atoms with Gasteiger partial charge in [0.05, 0.1) is 17.8 Å². The van der Waals surface area contributed by atoms with Gasteiger partial charge in [-0.05, 0) is 37.8 Å². The number of primary amides is 1. The third-order valence-corrected chi connectivity index (χ3v) is 5.51. The second-order valence-electron chi connectivity index (χ2n) is 7.63. The van der Waals surface area contributed by atoms with Crippen LogP contribution in [0.1, 0.15) is 53.5 Å². The van der Waals surface area contributed by atoms with Gasteiger partial charge in [-0.1, -0.05) is 6.07 Å². The summed E-state index contributed by atoms with van der Waals surface area (Å²) >= 11 is 0. The number of hydrogen-bond donors (Lipinski definition) is 2. The predicted molar refractivity (Wildman–Crippen MR) is 101 cm³/mol. The highest BCUT2D eigenvalue weighted by molar-refractivity contribution is 5.93. The monoisotopic (exact) mass is 460 g/mol. The molecule has 3 heterocycles. The van der Waals surface area contributed by atoms with Crippen LogP contribution in [-0.4, -0.2) is 31.1 Å². The third-order valence-electron chi connectivity index (χ3n) is 5.51. The van der Waals surface area contributed by atoms with Crippen molar-refractivity contribution in [2.75, 3.05) is 5.32 Å². The average molecular weight is 460 g/mol. The lowest BCUT2D eigenvalue weighted by molar-refractivity contribution is -0.145. The molecular weight excluding hydrogens is 442 g/mol. The number of fused-ring (bicyclic) bond motifs is 1. The van der Waals surface area contributed by atoms with Gasteiger partial charge in [0.2, 0.25) is 0 Å². The maximum atomic E-state index is 13.5. The zero-order chi connectivity index (χ0) is 23.3. The Kier molecular flexibility index (Phi) is 5.29. The van der Waals surface area contributed by atoms with Crippen molar-refractivity contribution < 1.29 is 31.1 Å². The Balaban J connectivity index is 1.50. The smallest absolute Gasteiger partial charge is 0.368 e. The lowest BCUT2D eigenvalue weighted by atomic mass is 9.91. The molecule has 1 aliphatic carbocycles. The predicted octanol–water partition coefficient (Wildman–Crippen LogP) is 4.26. The van der Waals surface area contributed by atoms with Gasteiger partial charge in [0.1, 0.15) is 11.5 Å². The Morgan fingerprint density at radius 2 is 1.75 bits per heavy atom. The van der Waals surface area contributed by atoms with Crippen molar-refractivity contribution in [1.82, 2.24) is 19.2 Å². The number of hydrogen-bond acceptors (Lipinski definition) is 4. The summed E-state index contributed by atoms with van der Waals surface area (Å²) in [5.41, 5.74) is 2.33. The third kappa shape index (κ3) is 4.10. The minimum Gasteiger partial charge on any atom is -0.368 e. The molecule has 1 aliphatic rings. The number of imidazole rings is 1. The molecule has 7 nitrogen and oxygen atoms in total. The summed E-state index contributed by atoms with van der Waals surface area (Å²) in [5, 5.41) is 6.92. The van der Waals surface area contributed by atoms with Crippen LogP contribution in [0.2, 0.25) is 0 Å². The fraction of sp³-hybridized carbons (Fsp3) is 0.421. The second-order valence-corrected chi connectivity index (χ2v) is 7.63. The second kappa shape index (κ2) is 7.71. The van der Waals surface area contributed by atoms with E-state index >= 15 is 0 Å². The van der Waals surface area contributed by atoms with Gasteiger partial charge in [-0.3, -0.25) is 13.9 Å². The van der Waals surface area contributed by atoms with Crippen LogP contribution in [0.3, 0.4) is 0 Å². The number of alkyl halides is 6. The average Bonchev–Trinajstić information content (AvgIpc) is 3.33. The number of halogens is 6. The maximum Gasteiger partial charge on any atom is 0.434 e. The Hall–Kier alpha value is -3.25. The largest absolute Gasteiger partial charge is 0.434 e. The number of nitrogens with two attached hydrogens (primary N) is 1. The number of anilines is 1. The number of rotatable bonds is 4. The molecule has 0 atom stereocenters. The van der Waals surface area contributed by atoms with Crippen molar-refractivity contribution in [2.45, 2.75) is 50.1 Å². The van der Waals surface area contributed by atoms with Crippen LogP contribution in [0.15, 0.2) is 30.6 Å². The molecule has 0 bridgehead atoms. The Morgan fingerprint density at radius 3 is 2.34 bits per heavy atom. The molecule has 32 heavy (non-hydrogen) atoms. The molecule has 0 aliphatic heterocycles. The molecule has 0 aromatic carbocycles. The minimum absolute atomic E-state index is 0.126. The van der Waals surface area contributed by atoms with Gasteiger partial charge in [-0.2, -0.15) is 31.4 Å². The van der Waals surface area contributed by atoms with Gasteiger partial charge in [0.25, 0.3) is 5.91 Å². The number of carbonyl (C=O) groups excluding carboxylic acids is 1.